The van der Waals surface area contributed by atoms with Crippen LogP contribution in [0.15, 0.2) is 30.3 Å². The van der Waals surface area contributed by atoms with Gasteiger partial charge >= 0.3 is 18.4 Å². The quantitative estimate of drug-likeness (QED) is 0.436. The van der Waals surface area contributed by atoms with Crippen molar-refractivity contribution in [1.29, 1.82) is 0 Å². The van der Waals surface area contributed by atoms with Crippen LogP contribution in [0.1, 0.15) is 53.1 Å². The number of nitrogens with one attached hydrogen (secondary N) is 1. The molecular formula is C24H26F6N2O2. The number of hydrogen-bond acceptors (Lipinski definition) is 3. The average Bonchev–Trinajstić information content (AvgIpc) is 3.22. The highest BCUT2D eigenvalue weighted by molar-refractivity contribution is 5.68. The molecule has 0 bridgehead atoms. The van der Waals surface area contributed by atoms with E-state index < -0.39 is 36.1 Å². The fourth-order valence-electron chi connectivity index (χ4n) is 4.08. The highest BCUT2D eigenvalue weighted by Crippen LogP contribution is 2.37. The van der Waals surface area contributed by atoms with Gasteiger partial charge in [-0.2, -0.15) is 26.3 Å². The van der Waals surface area contributed by atoms with Crippen LogP contribution in [0.3, 0.4) is 0 Å². The number of fused-ring (bicyclic) bond motifs is 1. The number of rotatable bonds is 7. The van der Waals surface area contributed by atoms with Crippen molar-refractivity contribution in [2.45, 2.75) is 58.0 Å². The molecule has 1 aliphatic rings. The van der Waals surface area contributed by atoms with E-state index in [0.717, 1.165) is 54.5 Å². The molecule has 0 saturated carbocycles. The second-order valence-corrected chi connectivity index (χ2v) is 8.30. The van der Waals surface area contributed by atoms with Crippen LogP contribution >= 0.6 is 0 Å². The maximum atomic E-state index is 13.3. The van der Waals surface area contributed by atoms with Gasteiger partial charge in [0, 0.05) is 18.8 Å². The van der Waals surface area contributed by atoms with E-state index in [9.17, 15) is 31.1 Å². The number of anilines is 1. The summed E-state index contributed by atoms with van der Waals surface area (Å²) in [5.74, 6) is 0. The van der Waals surface area contributed by atoms with Gasteiger partial charge in [-0.1, -0.05) is 13.0 Å². The molecule has 0 spiro atoms. The Balaban J connectivity index is 1.98. The number of benzene rings is 2. The molecule has 186 valence electrons. The summed E-state index contributed by atoms with van der Waals surface area (Å²) in [6.07, 6.45) is -7.14. The van der Waals surface area contributed by atoms with Gasteiger partial charge in [0.25, 0.3) is 0 Å². The third-order valence-electron chi connectivity index (χ3n) is 5.70. The molecule has 0 aliphatic heterocycles. The minimum atomic E-state index is -4.97. The topological polar surface area (TPSA) is 41.6 Å². The summed E-state index contributed by atoms with van der Waals surface area (Å²) in [6, 6.07) is 5.28. The Morgan fingerprint density at radius 3 is 2.06 bits per heavy atom. The number of amides is 1. The first-order valence-corrected chi connectivity index (χ1v) is 10.9. The van der Waals surface area contributed by atoms with E-state index in [1.165, 1.54) is 5.56 Å². The zero-order valence-corrected chi connectivity index (χ0v) is 18.9. The number of nitrogens with zero attached hydrogens (tertiary/aromatic N) is 1. The van der Waals surface area contributed by atoms with E-state index in [4.69, 9.17) is 4.74 Å². The Morgan fingerprint density at radius 1 is 0.941 bits per heavy atom. The van der Waals surface area contributed by atoms with Crippen LogP contribution in [-0.4, -0.2) is 24.6 Å². The van der Waals surface area contributed by atoms with Crippen LogP contribution in [0.5, 0.6) is 0 Å². The predicted molar refractivity (Wildman–Crippen MR) is 115 cm³/mol. The Morgan fingerprint density at radius 2 is 1.53 bits per heavy atom. The fraction of sp³-hybridized carbons (Fsp3) is 0.458. The molecule has 0 radical (unpaired) electrons. The van der Waals surface area contributed by atoms with Gasteiger partial charge in [-0.3, -0.25) is 4.90 Å². The third kappa shape index (κ3) is 6.15. The van der Waals surface area contributed by atoms with Gasteiger partial charge < -0.3 is 10.1 Å². The summed E-state index contributed by atoms with van der Waals surface area (Å²) < 4.78 is 84.4. The molecule has 0 atom stereocenters. The van der Waals surface area contributed by atoms with Gasteiger partial charge in [0.1, 0.15) is 0 Å². The molecule has 4 nitrogen and oxygen atoms in total. The Labute approximate surface area is 193 Å². The van der Waals surface area contributed by atoms with E-state index in [2.05, 4.69) is 5.32 Å². The Bertz CT molecular complexity index is 1000. The summed E-state index contributed by atoms with van der Waals surface area (Å²) in [4.78, 5) is 13.6. The molecule has 1 aliphatic carbocycles. The van der Waals surface area contributed by atoms with Crippen LogP contribution < -0.4 is 5.32 Å². The second kappa shape index (κ2) is 10.1. The third-order valence-corrected chi connectivity index (χ3v) is 5.70. The summed E-state index contributed by atoms with van der Waals surface area (Å²) in [5, 5.41) is 3.30. The number of carbonyl (C=O) groups is 1. The number of carbonyl (C=O) groups excluding carboxylic acids is 1. The van der Waals surface area contributed by atoms with Crippen LogP contribution in [-0.2, 0) is 43.0 Å². The van der Waals surface area contributed by atoms with Crippen molar-refractivity contribution in [2.24, 2.45) is 0 Å². The predicted octanol–water partition coefficient (Wildman–Crippen LogP) is 6.80. The molecule has 1 amide bonds. The molecule has 2 aromatic rings. The van der Waals surface area contributed by atoms with Crippen molar-refractivity contribution < 1.29 is 35.9 Å². The highest BCUT2D eigenvalue weighted by Gasteiger charge is 2.37. The number of ether oxygens (including phenoxy) is 1. The number of alkyl halides is 6. The Kier molecular flexibility index (Phi) is 7.67. The second-order valence-electron chi connectivity index (χ2n) is 8.30. The largest absolute Gasteiger partial charge is 0.453 e. The van der Waals surface area contributed by atoms with Crippen molar-refractivity contribution in [2.75, 3.05) is 19.0 Å². The monoisotopic (exact) mass is 488 g/mol. The number of aryl methyl sites for hydroxylation is 2. The van der Waals surface area contributed by atoms with Crippen LogP contribution in [0.25, 0.3) is 0 Å². The minimum absolute atomic E-state index is 0.0381. The molecule has 0 unspecified atom stereocenters. The van der Waals surface area contributed by atoms with E-state index in [1.54, 1.807) is 0 Å². The first kappa shape index (κ1) is 25.7. The summed E-state index contributed by atoms with van der Waals surface area (Å²) in [5.41, 5.74) is 0.686. The van der Waals surface area contributed by atoms with Crippen LogP contribution in [0.4, 0.5) is 36.8 Å². The van der Waals surface area contributed by atoms with Gasteiger partial charge in [-0.25, -0.2) is 4.79 Å². The van der Waals surface area contributed by atoms with E-state index >= 15 is 0 Å². The molecule has 10 heteroatoms. The van der Waals surface area contributed by atoms with E-state index in [1.807, 2.05) is 19.1 Å². The lowest BCUT2D eigenvalue weighted by molar-refractivity contribution is -0.143. The summed E-state index contributed by atoms with van der Waals surface area (Å²) in [7, 11) is 1.11. The van der Waals surface area contributed by atoms with E-state index in [-0.39, 0.29) is 18.2 Å². The van der Waals surface area contributed by atoms with Gasteiger partial charge in [0.2, 0.25) is 0 Å². The molecule has 0 aromatic heterocycles. The van der Waals surface area contributed by atoms with Crippen LogP contribution in [0.2, 0.25) is 0 Å². The average molecular weight is 488 g/mol. The van der Waals surface area contributed by atoms with Crippen molar-refractivity contribution >= 4 is 11.8 Å². The molecule has 34 heavy (non-hydrogen) atoms. The summed E-state index contributed by atoms with van der Waals surface area (Å²) >= 11 is 0. The molecular weight excluding hydrogens is 462 g/mol. The molecule has 2 aromatic carbocycles. The number of methoxy groups -OCH3 is 1. The standard InChI is InChI=1S/C24H26F6N2O2/c1-3-7-31-21-11-17-6-4-5-16(17)10-18(21)14-32(22(33)34-2)13-15-8-19(23(25,26)27)12-20(9-15)24(28,29)30/h8-12,31H,3-7,13-14H2,1-2H3. The Hall–Kier alpha value is -2.91. The maximum Gasteiger partial charge on any atom is 0.416 e. The SMILES string of the molecule is CCCNc1cc2c(cc1CN(Cc1cc(C(F)(F)F)cc(C(F)(F)F)c1)C(=O)OC)CCC2. The van der Waals surface area contributed by atoms with Gasteiger partial charge in [0.15, 0.2) is 0 Å². The molecule has 0 fully saturated rings. The van der Waals surface area contributed by atoms with Crippen molar-refractivity contribution in [1.82, 2.24) is 4.90 Å². The zero-order valence-electron chi connectivity index (χ0n) is 18.9. The number of halogens is 6. The lowest BCUT2D eigenvalue weighted by Crippen LogP contribution is -2.30. The van der Waals surface area contributed by atoms with Crippen molar-refractivity contribution in [3.8, 4) is 0 Å². The molecule has 3 rings (SSSR count). The van der Waals surface area contributed by atoms with Crippen molar-refractivity contribution in [3.63, 3.8) is 0 Å². The molecule has 0 heterocycles. The molecule has 1 N–H and O–H groups in total. The fourth-order valence-corrected chi connectivity index (χ4v) is 4.08. The van der Waals surface area contributed by atoms with Gasteiger partial charge in [-0.15, -0.1) is 0 Å². The lowest BCUT2D eigenvalue weighted by atomic mass is 10.0. The van der Waals surface area contributed by atoms with Gasteiger partial charge in [-0.05, 0) is 72.2 Å². The highest BCUT2D eigenvalue weighted by atomic mass is 19.4. The molecule has 0 saturated heterocycles. The summed E-state index contributed by atoms with van der Waals surface area (Å²) in [6.45, 7) is 2.15. The maximum absolute atomic E-state index is 13.3. The smallest absolute Gasteiger partial charge is 0.416 e. The van der Waals surface area contributed by atoms with Gasteiger partial charge in [0.05, 0.1) is 24.8 Å². The number of hydrogen-bond donors (Lipinski definition) is 1. The first-order chi connectivity index (χ1) is 15.9. The van der Waals surface area contributed by atoms with Crippen LogP contribution in [0, 0.1) is 0 Å². The minimum Gasteiger partial charge on any atom is -0.453 e. The zero-order chi connectivity index (χ0) is 25.1. The van der Waals surface area contributed by atoms with E-state index in [0.29, 0.717) is 18.7 Å². The lowest BCUT2D eigenvalue weighted by Gasteiger charge is -2.25. The first-order valence-electron chi connectivity index (χ1n) is 10.9. The normalized spacial score (nSPS) is 13.5. The van der Waals surface area contributed by atoms with Crippen molar-refractivity contribution in [3.05, 3.63) is 63.7 Å².